The number of H-pyrrole nitrogens is 1. The van der Waals surface area contributed by atoms with Crippen LogP contribution in [0.3, 0.4) is 0 Å². The molecule has 0 saturated heterocycles. The SMILES string of the molecule is CCCc1cc(-c2cc(Cl)ccc2O)n[nH]1. The molecule has 1 aromatic carbocycles. The second kappa shape index (κ2) is 4.58. The van der Waals surface area contributed by atoms with Gasteiger partial charge in [-0.25, -0.2) is 0 Å². The first kappa shape index (κ1) is 11.0. The predicted molar refractivity (Wildman–Crippen MR) is 64.7 cm³/mol. The van der Waals surface area contributed by atoms with Gasteiger partial charge in [-0.3, -0.25) is 5.10 Å². The van der Waals surface area contributed by atoms with Gasteiger partial charge in [-0.15, -0.1) is 0 Å². The fourth-order valence-electron chi connectivity index (χ4n) is 1.61. The maximum absolute atomic E-state index is 9.72. The maximum atomic E-state index is 9.72. The first-order valence-corrected chi connectivity index (χ1v) is 5.61. The standard InChI is InChI=1S/C12H13ClN2O/c1-2-3-9-7-11(15-14-9)10-6-8(13)4-5-12(10)16/h4-7,16H,2-3H2,1H3,(H,14,15). The quantitative estimate of drug-likeness (QED) is 0.858. The van der Waals surface area contributed by atoms with Crippen molar-refractivity contribution in [2.75, 3.05) is 0 Å². The van der Waals surface area contributed by atoms with Crippen LogP contribution in [0.15, 0.2) is 24.3 Å². The van der Waals surface area contributed by atoms with E-state index in [1.54, 1.807) is 18.2 Å². The number of aromatic hydroxyl groups is 1. The molecule has 2 aromatic rings. The first-order valence-electron chi connectivity index (χ1n) is 5.24. The van der Waals surface area contributed by atoms with Crippen molar-refractivity contribution >= 4 is 11.6 Å². The van der Waals surface area contributed by atoms with E-state index in [0.717, 1.165) is 24.2 Å². The molecule has 1 heterocycles. The molecule has 0 spiro atoms. The minimum atomic E-state index is 0.193. The molecule has 2 rings (SSSR count). The van der Waals surface area contributed by atoms with Crippen LogP contribution in [0, 0.1) is 0 Å². The van der Waals surface area contributed by atoms with Gasteiger partial charge < -0.3 is 5.11 Å². The molecule has 0 fully saturated rings. The Morgan fingerprint density at radius 3 is 2.94 bits per heavy atom. The highest BCUT2D eigenvalue weighted by atomic mass is 35.5. The van der Waals surface area contributed by atoms with Crippen molar-refractivity contribution in [3.8, 4) is 17.0 Å². The van der Waals surface area contributed by atoms with Crippen molar-refractivity contribution in [2.45, 2.75) is 19.8 Å². The fourth-order valence-corrected chi connectivity index (χ4v) is 1.78. The number of aromatic amines is 1. The van der Waals surface area contributed by atoms with Crippen molar-refractivity contribution in [1.29, 1.82) is 0 Å². The van der Waals surface area contributed by atoms with Crippen LogP contribution in [0.2, 0.25) is 5.02 Å². The topological polar surface area (TPSA) is 48.9 Å². The third kappa shape index (κ3) is 2.19. The zero-order chi connectivity index (χ0) is 11.5. The average Bonchev–Trinajstić information content (AvgIpc) is 2.71. The minimum absolute atomic E-state index is 0.193. The molecule has 0 bridgehead atoms. The van der Waals surface area contributed by atoms with Crippen LogP contribution in [0.25, 0.3) is 11.3 Å². The number of nitrogens with one attached hydrogen (secondary N) is 1. The van der Waals surface area contributed by atoms with E-state index >= 15 is 0 Å². The largest absolute Gasteiger partial charge is 0.507 e. The predicted octanol–water partition coefficient (Wildman–Crippen LogP) is 3.39. The van der Waals surface area contributed by atoms with Gasteiger partial charge in [-0.05, 0) is 30.7 Å². The van der Waals surface area contributed by atoms with Gasteiger partial charge >= 0.3 is 0 Å². The molecule has 0 amide bonds. The summed E-state index contributed by atoms with van der Waals surface area (Å²) in [5, 5.41) is 17.4. The molecule has 2 N–H and O–H groups in total. The normalized spacial score (nSPS) is 10.6. The first-order chi connectivity index (χ1) is 7.70. The summed E-state index contributed by atoms with van der Waals surface area (Å²) >= 11 is 5.89. The molecule has 0 saturated carbocycles. The molecule has 0 aliphatic carbocycles. The number of nitrogens with zero attached hydrogens (tertiary/aromatic N) is 1. The molecule has 4 heteroatoms. The Kier molecular flexibility index (Phi) is 3.15. The highest BCUT2D eigenvalue weighted by Crippen LogP contribution is 2.30. The van der Waals surface area contributed by atoms with Crippen molar-refractivity contribution in [2.24, 2.45) is 0 Å². The van der Waals surface area contributed by atoms with Crippen molar-refractivity contribution < 1.29 is 5.11 Å². The Morgan fingerprint density at radius 2 is 2.19 bits per heavy atom. The second-order valence-corrected chi connectivity index (χ2v) is 4.13. The Bertz CT molecular complexity index is 494. The second-order valence-electron chi connectivity index (χ2n) is 3.69. The summed E-state index contributed by atoms with van der Waals surface area (Å²) in [5.41, 5.74) is 2.45. The van der Waals surface area contributed by atoms with E-state index in [4.69, 9.17) is 11.6 Å². The molecular weight excluding hydrogens is 224 g/mol. The molecule has 0 aliphatic rings. The summed E-state index contributed by atoms with van der Waals surface area (Å²) in [6.45, 7) is 2.11. The lowest BCUT2D eigenvalue weighted by atomic mass is 10.1. The van der Waals surface area contributed by atoms with Gasteiger partial charge in [0.1, 0.15) is 5.75 Å². The van der Waals surface area contributed by atoms with Crippen LogP contribution < -0.4 is 0 Å². The van der Waals surface area contributed by atoms with Crippen molar-refractivity contribution in [3.05, 3.63) is 35.0 Å². The summed E-state index contributed by atoms with van der Waals surface area (Å²) in [7, 11) is 0. The molecule has 3 nitrogen and oxygen atoms in total. The van der Waals surface area contributed by atoms with Gasteiger partial charge in [0, 0.05) is 16.3 Å². The third-order valence-corrected chi connectivity index (χ3v) is 2.62. The Morgan fingerprint density at radius 1 is 1.38 bits per heavy atom. The summed E-state index contributed by atoms with van der Waals surface area (Å²) in [4.78, 5) is 0. The zero-order valence-corrected chi connectivity index (χ0v) is 9.75. The number of rotatable bonds is 3. The Hall–Kier alpha value is -1.48. The lowest BCUT2D eigenvalue weighted by Gasteiger charge is -2.00. The number of benzene rings is 1. The van der Waals surface area contributed by atoms with Gasteiger partial charge in [0.05, 0.1) is 5.69 Å². The molecule has 1 aromatic heterocycles. The number of aryl methyl sites for hydroxylation is 1. The van der Waals surface area contributed by atoms with E-state index in [1.165, 1.54) is 0 Å². The van der Waals surface area contributed by atoms with E-state index in [-0.39, 0.29) is 5.75 Å². The van der Waals surface area contributed by atoms with E-state index in [2.05, 4.69) is 17.1 Å². The van der Waals surface area contributed by atoms with Gasteiger partial charge in [-0.2, -0.15) is 5.10 Å². The number of phenols is 1. The van der Waals surface area contributed by atoms with Gasteiger partial charge in [0.15, 0.2) is 0 Å². The molecule has 0 unspecified atom stereocenters. The molecule has 0 aliphatic heterocycles. The van der Waals surface area contributed by atoms with E-state index in [1.807, 2.05) is 6.07 Å². The lowest BCUT2D eigenvalue weighted by Crippen LogP contribution is -1.80. The average molecular weight is 237 g/mol. The molecule has 0 atom stereocenters. The number of aromatic nitrogens is 2. The Labute approximate surface area is 99.1 Å². The highest BCUT2D eigenvalue weighted by Gasteiger charge is 2.08. The van der Waals surface area contributed by atoms with Gasteiger partial charge in [0.2, 0.25) is 0 Å². The van der Waals surface area contributed by atoms with Gasteiger partial charge in [0.25, 0.3) is 0 Å². The van der Waals surface area contributed by atoms with Crippen LogP contribution in [0.5, 0.6) is 5.75 Å². The fraction of sp³-hybridized carbons (Fsp3) is 0.250. The third-order valence-electron chi connectivity index (χ3n) is 2.38. The monoisotopic (exact) mass is 236 g/mol. The van der Waals surface area contributed by atoms with Crippen LogP contribution in [-0.4, -0.2) is 15.3 Å². The highest BCUT2D eigenvalue weighted by molar-refractivity contribution is 6.30. The summed E-state index contributed by atoms with van der Waals surface area (Å²) in [5.74, 6) is 0.193. The molecule has 16 heavy (non-hydrogen) atoms. The van der Waals surface area contributed by atoms with Crippen LogP contribution in [0.4, 0.5) is 0 Å². The van der Waals surface area contributed by atoms with Crippen LogP contribution >= 0.6 is 11.6 Å². The smallest absolute Gasteiger partial charge is 0.125 e. The van der Waals surface area contributed by atoms with Crippen LogP contribution in [0.1, 0.15) is 19.0 Å². The minimum Gasteiger partial charge on any atom is -0.507 e. The van der Waals surface area contributed by atoms with Gasteiger partial charge in [-0.1, -0.05) is 24.9 Å². The van der Waals surface area contributed by atoms with Crippen LogP contribution in [-0.2, 0) is 6.42 Å². The van der Waals surface area contributed by atoms with Crippen molar-refractivity contribution in [3.63, 3.8) is 0 Å². The maximum Gasteiger partial charge on any atom is 0.125 e. The zero-order valence-electron chi connectivity index (χ0n) is 9.00. The Balaban J connectivity index is 2.38. The molecular formula is C12H13ClN2O. The summed E-state index contributed by atoms with van der Waals surface area (Å²) in [6.07, 6.45) is 2.01. The number of hydrogen-bond donors (Lipinski definition) is 2. The molecule has 0 radical (unpaired) electrons. The summed E-state index contributed by atoms with van der Waals surface area (Å²) < 4.78 is 0. The van der Waals surface area contributed by atoms with Crippen molar-refractivity contribution in [1.82, 2.24) is 10.2 Å². The lowest BCUT2D eigenvalue weighted by molar-refractivity contribution is 0.477. The number of phenolic OH excluding ortho intramolecular Hbond substituents is 1. The number of hydrogen-bond acceptors (Lipinski definition) is 2. The van der Waals surface area contributed by atoms with E-state index < -0.39 is 0 Å². The summed E-state index contributed by atoms with van der Waals surface area (Å²) in [6, 6.07) is 6.88. The van der Waals surface area contributed by atoms with E-state index in [9.17, 15) is 5.11 Å². The van der Waals surface area contributed by atoms with E-state index in [0.29, 0.717) is 10.6 Å². The number of halogens is 1. The molecule has 84 valence electrons.